The summed E-state index contributed by atoms with van der Waals surface area (Å²) in [5.74, 6) is -0.00329. The Hall–Kier alpha value is -1.19. The summed E-state index contributed by atoms with van der Waals surface area (Å²) >= 11 is 0. The summed E-state index contributed by atoms with van der Waals surface area (Å²) in [5.41, 5.74) is 0. The zero-order valence-corrected chi connectivity index (χ0v) is 7.79. The average Bonchev–Trinajstić information content (AvgIpc) is 2.12. The molecule has 0 aliphatic rings. The Balaban J connectivity index is 3.97. The van der Waals surface area contributed by atoms with Gasteiger partial charge in [-0.3, -0.25) is 9.59 Å². The summed E-state index contributed by atoms with van der Waals surface area (Å²) in [6.07, 6.45) is 3.17. The van der Waals surface area contributed by atoms with Crippen molar-refractivity contribution in [1.82, 2.24) is 5.32 Å². The van der Waals surface area contributed by atoms with E-state index in [1.807, 2.05) is 6.92 Å². The standard InChI is InChI=1S/C9H15NO3/c1-2-4-9(13)8(10-7-12)5-3-6-11/h6-8H,2-5H2,1H3,(H,10,12). The van der Waals surface area contributed by atoms with Gasteiger partial charge in [-0.2, -0.15) is 0 Å². The van der Waals surface area contributed by atoms with Gasteiger partial charge in [0.05, 0.1) is 6.04 Å². The van der Waals surface area contributed by atoms with Gasteiger partial charge in [-0.25, -0.2) is 0 Å². The Morgan fingerprint density at radius 3 is 2.62 bits per heavy atom. The van der Waals surface area contributed by atoms with Crippen molar-refractivity contribution in [2.45, 2.75) is 38.6 Å². The van der Waals surface area contributed by atoms with Gasteiger partial charge < -0.3 is 10.1 Å². The molecule has 1 N–H and O–H groups in total. The number of amides is 1. The maximum absolute atomic E-state index is 11.3. The predicted octanol–water partition coefficient (Wildman–Crippen LogP) is 0.449. The van der Waals surface area contributed by atoms with E-state index in [0.717, 1.165) is 12.7 Å². The van der Waals surface area contributed by atoms with Crippen molar-refractivity contribution in [2.24, 2.45) is 0 Å². The molecule has 0 saturated heterocycles. The lowest BCUT2D eigenvalue weighted by atomic mass is 10.0. The molecular weight excluding hydrogens is 170 g/mol. The lowest BCUT2D eigenvalue weighted by molar-refractivity contribution is -0.123. The van der Waals surface area contributed by atoms with Crippen LogP contribution in [0.2, 0.25) is 0 Å². The highest BCUT2D eigenvalue weighted by molar-refractivity contribution is 5.85. The summed E-state index contributed by atoms with van der Waals surface area (Å²) in [4.78, 5) is 31.5. The number of nitrogens with one attached hydrogen (secondary N) is 1. The Bertz CT molecular complexity index is 180. The summed E-state index contributed by atoms with van der Waals surface area (Å²) in [6.45, 7) is 1.90. The third-order valence-corrected chi connectivity index (χ3v) is 1.73. The molecule has 0 aromatic carbocycles. The van der Waals surface area contributed by atoms with Crippen LogP contribution in [-0.2, 0) is 14.4 Å². The molecule has 0 aromatic heterocycles. The first kappa shape index (κ1) is 11.8. The van der Waals surface area contributed by atoms with Gasteiger partial charge in [0.1, 0.15) is 6.29 Å². The number of hydrogen-bond acceptors (Lipinski definition) is 3. The first-order valence-electron chi connectivity index (χ1n) is 4.42. The van der Waals surface area contributed by atoms with Crippen molar-refractivity contribution in [3.63, 3.8) is 0 Å². The third-order valence-electron chi connectivity index (χ3n) is 1.73. The van der Waals surface area contributed by atoms with Crippen LogP contribution in [-0.4, -0.2) is 24.5 Å². The lowest BCUT2D eigenvalue weighted by Gasteiger charge is -2.12. The third kappa shape index (κ3) is 5.11. The van der Waals surface area contributed by atoms with E-state index in [0.29, 0.717) is 25.7 Å². The zero-order valence-electron chi connectivity index (χ0n) is 7.79. The van der Waals surface area contributed by atoms with Gasteiger partial charge in [0.15, 0.2) is 5.78 Å². The molecule has 74 valence electrons. The first-order chi connectivity index (χ1) is 6.26. The van der Waals surface area contributed by atoms with Crippen LogP contribution in [0, 0.1) is 0 Å². The smallest absolute Gasteiger partial charge is 0.207 e. The number of rotatable bonds is 8. The van der Waals surface area contributed by atoms with Crippen LogP contribution in [0.15, 0.2) is 0 Å². The van der Waals surface area contributed by atoms with Crippen molar-refractivity contribution in [2.75, 3.05) is 0 Å². The minimum Gasteiger partial charge on any atom is -0.349 e. The van der Waals surface area contributed by atoms with E-state index in [-0.39, 0.29) is 5.78 Å². The quantitative estimate of drug-likeness (QED) is 0.558. The number of Topliss-reactive ketones (excluding diaryl/α,β-unsaturated/α-hetero) is 1. The molecule has 0 rings (SSSR count). The van der Waals surface area contributed by atoms with Crippen LogP contribution in [0.3, 0.4) is 0 Å². The Labute approximate surface area is 77.7 Å². The Kier molecular flexibility index (Phi) is 6.78. The largest absolute Gasteiger partial charge is 0.349 e. The van der Waals surface area contributed by atoms with Crippen molar-refractivity contribution < 1.29 is 14.4 Å². The van der Waals surface area contributed by atoms with Gasteiger partial charge >= 0.3 is 0 Å². The number of ketones is 1. The van der Waals surface area contributed by atoms with E-state index in [1.54, 1.807) is 0 Å². The second-order valence-electron chi connectivity index (χ2n) is 2.80. The second-order valence-corrected chi connectivity index (χ2v) is 2.80. The first-order valence-corrected chi connectivity index (χ1v) is 4.42. The van der Waals surface area contributed by atoms with E-state index in [9.17, 15) is 14.4 Å². The fourth-order valence-corrected chi connectivity index (χ4v) is 1.07. The van der Waals surface area contributed by atoms with E-state index in [2.05, 4.69) is 5.32 Å². The number of carbonyl (C=O) groups is 3. The normalized spacial score (nSPS) is 11.8. The Morgan fingerprint density at radius 2 is 2.15 bits per heavy atom. The van der Waals surface area contributed by atoms with Crippen LogP contribution < -0.4 is 5.32 Å². The van der Waals surface area contributed by atoms with Crippen molar-refractivity contribution in [3.8, 4) is 0 Å². The monoisotopic (exact) mass is 185 g/mol. The molecule has 0 aliphatic carbocycles. The molecule has 4 nitrogen and oxygen atoms in total. The average molecular weight is 185 g/mol. The zero-order chi connectivity index (χ0) is 10.1. The van der Waals surface area contributed by atoms with Crippen molar-refractivity contribution in [3.05, 3.63) is 0 Å². The lowest BCUT2D eigenvalue weighted by Crippen LogP contribution is -2.35. The number of hydrogen-bond donors (Lipinski definition) is 1. The molecule has 13 heavy (non-hydrogen) atoms. The van der Waals surface area contributed by atoms with Crippen LogP contribution in [0.4, 0.5) is 0 Å². The topological polar surface area (TPSA) is 63.2 Å². The van der Waals surface area contributed by atoms with Gasteiger partial charge in [0, 0.05) is 12.8 Å². The maximum Gasteiger partial charge on any atom is 0.207 e. The summed E-state index contributed by atoms with van der Waals surface area (Å²) < 4.78 is 0. The maximum atomic E-state index is 11.3. The van der Waals surface area contributed by atoms with Gasteiger partial charge in [0.25, 0.3) is 0 Å². The molecule has 0 fully saturated rings. The molecule has 0 aliphatic heterocycles. The predicted molar refractivity (Wildman–Crippen MR) is 48.2 cm³/mol. The Morgan fingerprint density at radius 1 is 1.46 bits per heavy atom. The molecule has 0 heterocycles. The van der Waals surface area contributed by atoms with Crippen molar-refractivity contribution >= 4 is 18.5 Å². The van der Waals surface area contributed by atoms with Gasteiger partial charge in [0.2, 0.25) is 6.41 Å². The molecule has 0 spiro atoms. The van der Waals surface area contributed by atoms with Gasteiger partial charge in [-0.15, -0.1) is 0 Å². The number of carbonyl (C=O) groups excluding carboxylic acids is 3. The van der Waals surface area contributed by atoms with Gasteiger partial charge in [-0.1, -0.05) is 6.92 Å². The van der Waals surface area contributed by atoms with E-state index >= 15 is 0 Å². The fraction of sp³-hybridized carbons (Fsp3) is 0.667. The minimum atomic E-state index is -0.484. The molecule has 0 aromatic rings. The highest BCUT2D eigenvalue weighted by atomic mass is 16.1. The molecule has 4 heteroatoms. The van der Waals surface area contributed by atoms with E-state index in [1.165, 1.54) is 0 Å². The van der Waals surface area contributed by atoms with Gasteiger partial charge in [-0.05, 0) is 12.8 Å². The highest BCUT2D eigenvalue weighted by Crippen LogP contribution is 2.01. The minimum absolute atomic E-state index is 0.00329. The van der Waals surface area contributed by atoms with Crippen LogP contribution in [0.5, 0.6) is 0 Å². The second kappa shape index (κ2) is 7.46. The molecule has 1 atom stereocenters. The summed E-state index contributed by atoms with van der Waals surface area (Å²) in [6, 6.07) is -0.484. The molecular formula is C9H15NO3. The van der Waals surface area contributed by atoms with Crippen LogP contribution >= 0.6 is 0 Å². The van der Waals surface area contributed by atoms with E-state index in [4.69, 9.17) is 0 Å². The SMILES string of the molecule is CCCC(=O)C(CCC=O)NC=O. The summed E-state index contributed by atoms with van der Waals surface area (Å²) in [5, 5.41) is 2.41. The summed E-state index contributed by atoms with van der Waals surface area (Å²) in [7, 11) is 0. The molecule has 0 radical (unpaired) electrons. The highest BCUT2D eigenvalue weighted by Gasteiger charge is 2.15. The van der Waals surface area contributed by atoms with Crippen LogP contribution in [0.1, 0.15) is 32.6 Å². The molecule has 0 saturated carbocycles. The fourth-order valence-electron chi connectivity index (χ4n) is 1.07. The van der Waals surface area contributed by atoms with Crippen LogP contribution in [0.25, 0.3) is 0 Å². The molecule has 1 amide bonds. The van der Waals surface area contributed by atoms with E-state index < -0.39 is 6.04 Å². The molecule has 0 bridgehead atoms. The number of aldehydes is 1. The van der Waals surface area contributed by atoms with Crippen molar-refractivity contribution in [1.29, 1.82) is 0 Å². The molecule has 1 unspecified atom stereocenters.